The third kappa shape index (κ3) is 3.28. The Kier molecular flexibility index (Phi) is 5.04. The first-order valence-electron chi connectivity index (χ1n) is 7.59. The van der Waals surface area contributed by atoms with Crippen LogP contribution in [-0.2, 0) is 16.0 Å². The molecule has 2 rings (SSSR count). The smallest absolute Gasteiger partial charge is 0.341 e. The van der Waals surface area contributed by atoms with E-state index in [9.17, 15) is 9.59 Å². The lowest BCUT2D eigenvalue weighted by molar-refractivity contribution is -0.118. The van der Waals surface area contributed by atoms with Crippen LogP contribution in [0.3, 0.4) is 0 Å². The molecule has 4 nitrogen and oxygen atoms in total. The van der Waals surface area contributed by atoms with Gasteiger partial charge in [0, 0.05) is 10.8 Å². The number of carbonyl (C=O) groups is 2. The zero-order chi connectivity index (χ0) is 15.6. The Morgan fingerprint density at radius 2 is 2.14 bits per heavy atom. The van der Waals surface area contributed by atoms with Gasteiger partial charge in [-0.05, 0) is 37.7 Å². The largest absolute Gasteiger partial charge is 0.462 e. The molecule has 0 bridgehead atoms. The second-order valence-electron chi connectivity index (χ2n) is 5.80. The average Bonchev–Trinajstić information content (AvgIpc) is 2.78. The Hall–Kier alpha value is -1.36. The van der Waals surface area contributed by atoms with Crippen molar-refractivity contribution >= 4 is 28.2 Å². The van der Waals surface area contributed by atoms with Gasteiger partial charge in [0.05, 0.1) is 12.2 Å². The SMILES string of the molecule is CCOC(=O)c1c(NC(=O)C(C)C)sc2c1C(C)CCC2. The van der Waals surface area contributed by atoms with Gasteiger partial charge in [-0.3, -0.25) is 4.79 Å². The van der Waals surface area contributed by atoms with E-state index < -0.39 is 0 Å². The highest BCUT2D eigenvalue weighted by atomic mass is 32.1. The number of rotatable bonds is 4. The average molecular weight is 309 g/mol. The highest BCUT2D eigenvalue weighted by Gasteiger charge is 2.30. The molecular weight excluding hydrogens is 286 g/mol. The number of thiophene rings is 1. The van der Waals surface area contributed by atoms with E-state index in [1.165, 1.54) is 16.2 Å². The third-order valence-electron chi connectivity index (χ3n) is 3.80. The molecular formula is C16H23NO3S. The predicted octanol–water partition coefficient (Wildman–Crippen LogP) is 3.96. The van der Waals surface area contributed by atoms with Crippen LogP contribution in [0.25, 0.3) is 0 Å². The van der Waals surface area contributed by atoms with E-state index in [4.69, 9.17) is 4.74 Å². The van der Waals surface area contributed by atoms with Crippen molar-refractivity contribution in [3.8, 4) is 0 Å². The van der Waals surface area contributed by atoms with Crippen LogP contribution in [-0.4, -0.2) is 18.5 Å². The second-order valence-corrected chi connectivity index (χ2v) is 6.91. The number of carbonyl (C=O) groups excluding carboxylic acids is 2. The summed E-state index contributed by atoms with van der Waals surface area (Å²) in [7, 11) is 0. The summed E-state index contributed by atoms with van der Waals surface area (Å²) in [6.07, 6.45) is 3.19. The summed E-state index contributed by atoms with van der Waals surface area (Å²) < 4.78 is 5.20. The Morgan fingerprint density at radius 3 is 2.76 bits per heavy atom. The predicted molar refractivity (Wildman–Crippen MR) is 85.1 cm³/mol. The van der Waals surface area contributed by atoms with Gasteiger partial charge in [0.15, 0.2) is 0 Å². The zero-order valence-corrected chi connectivity index (χ0v) is 13.9. The van der Waals surface area contributed by atoms with Crippen molar-refractivity contribution in [3.63, 3.8) is 0 Å². The molecule has 1 aromatic rings. The molecule has 1 amide bonds. The first kappa shape index (κ1) is 16.0. The minimum absolute atomic E-state index is 0.0631. The van der Waals surface area contributed by atoms with Crippen molar-refractivity contribution in [1.29, 1.82) is 0 Å². The molecule has 0 saturated carbocycles. The van der Waals surface area contributed by atoms with Gasteiger partial charge in [0.2, 0.25) is 5.91 Å². The van der Waals surface area contributed by atoms with Crippen LogP contribution in [0.2, 0.25) is 0 Å². The van der Waals surface area contributed by atoms with Crippen molar-refractivity contribution < 1.29 is 14.3 Å². The third-order valence-corrected chi connectivity index (χ3v) is 4.98. The summed E-state index contributed by atoms with van der Waals surface area (Å²) >= 11 is 1.53. The van der Waals surface area contributed by atoms with Gasteiger partial charge >= 0.3 is 5.97 Å². The van der Waals surface area contributed by atoms with Gasteiger partial charge in [-0.25, -0.2) is 4.79 Å². The number of esters is 1. The van der Waals surface area contributed by atoms with Gasteiger partial charge in [0.25, 0.3) is 0 Å². The van der Waals surface area contributed by atoms with E-state index in [1.807, 2.05) is 13.8 Å². The van der Waals surface area contributed by atoms with E-state index in [2.05, 4.69) is 12.2 Å². The van der Waals surface area contributed by atoms with Crippen LogP contribution in [0.15, 0.2) is 0 Å². The summed E-state index contributed by atoms with van der Waals surface area (Å²) in [5, 5.41) is 3.56. The van der Waals surface area contributed by atoms with E-state index in [-0.39, 0.29) is 17.8 Å². The molecule has 0 saturated heterocycles. The topological polar surface area (TPSA) is 55.4 Å². The molecule has 21 heavy (non-hydrogen) atoms. The molecule has 1 heterocycles. The number of fused-ring (bicyclic) bond motifs is 1. The fourth-order valence-corrected chi connectivity index (χ4v) is 4.01. The number of nitrogens with one attached hydrogen (secondary N) is 1. The minimum atomic E-state index is -0.317. The Labute approximate surface area is 129 Å². The first-order chi connectivity index (χ1) is 9.95. The zero-order valence-electron chi connectivity index (χ0n) is 13.1. The van der Waals surface area contributed by atoms with Crippen molar-refractivity contribution in [1.82, 2.24) is 0 Å². The van der Waals surface area contributed by atoms with E-state index >= 15 is 0 Å². The lowest BCUT2D eigenvalue weighted by Gasteiger charge is -2.19. The van der Waals surface area contributed by atoms with Crippen molar-refractivity contribution in [3.05, 3.63) is 16.0 Å². The fourth-order valence-electron chi connectivity index (χ4n) is 2.66. The highest BCUT2D eigenvalue weighted by Crippen LogP contribution is 2.43. The highest BCUT2D eigenvalue weighted by molar-refractivity contribution is 7.17. The van der Waals surface area contributed by atoms with Crippen LogP contribution in [0.4, 0.5) is 5.00 Å². The molecule has 5 heteroatoms. The summed E-state index contributed by atoms with van der Waals surface area (Å²) in [5.41, 5.74) is 1.67. The number of aryl methyl sites for hydroxylation is 1. The van der Waals surface area contributed by atoms with Crippen molar-refractivity contribution in [2.24, 2.45) is 5.92 Å². The van der Waals surface area contributed by atoms with Gasteiger partial charge in [-0.15, -0.1) is 11.3 Å². The standard InChI is InChI=1S/C16H23NO3S/c1-5-20-16(19)13-12-10(4)7-6-8-11(12)21-15(13)17-14(18)9(2)3/h9-10H,5-8H2,1-4H3,(H,17,18). The van der Waals surface area contributed by atoms with Crippen LogP contribution < -0.4 is 5.32 Å². The molecule has 1 N–H and O–H groups in total. The number of hydrogen-bond donors (Lipinski definition) is 1. The Bertz CT molecular complexity index is 548. The molecule has 1 aliphatic rings. The maximum Gasteiger partial charge on any atom is 0.341 e. The maximum atomic E-state index is 12.3. The number of anilines is 1. The van der Waals surface area contributed by atoms with Gasteiger partial charge in [-0.1, -0.05) is 20.8 Å². The Balaban J connectivity index is 2.43. The number of ether oxygens (including phenoxy) is 1. The second kappa shape index (κ2) is 6.60. The molecule has 1 atom stereocenters. The van der Waals surface area contributed by atoms with Crippen LogP contribution in [0.5, 0.6) is 0 Å². The Morgan fingerprint density at radius 1 is 1.43 bits per heavy atom. The van der Waals surface area contributed by atoms with E-state index in [1.54, 1.807) is 6.92 Å². The molecule has 0 fully saturated rings. The molecule has 0 aromatic carbocycles. The van der Waals surface area contributed by atoms with E-state index in [0.717, 1.165) is 24.8 Å². The fraction of sp³-hybridized carbons (Fsp3) is 0.625. The minimum Gasteiger partial charge on any atom is -0.462 e. The summed E-state index contributed by atoms with van der Waals surface area (Å²) in [4.78, 5) is 25.5. The molecule has 0 spiro atoms. The van der Waals surface area contributed by atoms with Crippen molar-refractivity contribution in [2.75, 3.05) is 11.9 Å². The van der Waals surface area contributed by atoms with Crippen LogP contribution in [0.1, 0.15) is 67.3 Å². The van der Waals surface area contributed by atoms with Crippen LogP contribution in [0, 0.1) is 5.92 Å². The lowest BCUT2D eigenvalue weighted by Crippen LogP contribution is -2.20. The normalized spacial score (nSPS) is 17.5. The van der Waals surface area contributed by atoms with Crippen LogP contribution >= 0.6 is 11.3 Å². The quantitative estimate of drug-likeness (QED) is 0.857. The maximum absolute atomic E-state index is 12.3. The summed E-state index contributed by atoms with van der Waals surface area (Å²) in [6, 6.07) is 0. The molecule has 0 aliphatic heterocycles. The van der Waals surface area contributed by atoms with Gasteiger partial charge in [0.1, 0.15) is 5.00 Å². The summed E-state index contributed by atoms with van der Waals surface area (Å²) in [6.45, 7) is 7.97. The van der Waals surface area contributed by atoms with Gasteiger partial charge < -0.3 is 10.1 Å². The molecule has 116 valence electrons. The monoisotopic (exact) mass is 309 g/mol. The lowest BCUT2D eigenvalue weighted by atomic mass is 9.86. The van der Waals surface area contributed by atoms with Gasteiger partial charge in [-0.2, -0.15) is 0 Å². The first-order valence-corrected chi connectivity index (χ1v) is 8.40. The molecule has 1 aromatic heterocycles. The van der Waals surface area contributed by atoms with Crippen molar-refractivity contribution in [2.45, 2.75) is 52.9 Å². The molecule has 1 unspecified atom stereocenters. The molecule has 0 radical (unpaired) electrons. The van der Waals surface area contributed by atoms with E-state index in [0.29, 0.717) is 23.1 Å². The number of amides is 1. The summed E-state index contributed by atoms with van der Waals surface area (Å²) in [5.74, 6) is -0.152. The molecule has 1 aliphatic carbocycles. The number of hydrogen-bond acceptors (Lipinski definition) is 4.